The molecule has 2 nitrogen and oxygen atoms in total. The number of ether oxygens (including phenoxy) is 1. The SMILES string of the molecule is CO[C@@H]1[C@H](C)[C@H](N)C12CCC2. The van der Waals surface area contributed by atoms with Crippen LogP contribution >= 0.6 is 0 Å². The first kappa shape index (κ1) is 7.56. The van der Waals surface area contributed by atoms with Gasteiger partial charge in [0.15, 0.2) is 0 Å². The fraction of sp³-hybridized carbons (Fsp3) is 1.00. The molecule has 0 aromatic heterocycles. The maximum atomic E-state index is 6.05. The molecular formula is C9H17NO. The molecule has 3 atom stereocenters. The first-order valence-corrected chi connectivity index (χ1v) is 4.51. The number of methoxy groups -OCH3 is 1. The van der Waals surface area contributed by atoms with Crippen LogP contribution in [0.1, 0.15) is 26.2 Å². The topological polar surface area (TPSA) is 35.2 Å². The van der Waals surface area contributed by atoms with E-state index in [0.29, 0.717) is 23.5 Å². The molecule has 0 aliphatic heterocycles. The Labute approximate surface area is 68.1 Å². The maximum Gasteiger partial charge on any atom is 0.0682 e. The highest BCUT2D eigenvalue weighted by Crippen LogP contribution is 2.58. The van der Waals surface area contributed by atoms with Crippen molar-refractivity contribution in [2.24, 2.45) is 17.1 Å². The zero-order chi connectivity index (χ0) is 8.06. The molecule has 0 bridgehead atoms. The average molecular weight is 155 g/mol. The zero-order valence-electron chi connectivity index (χ0n) is 7.34. The van der Waals surface area contributed by atoms with E-state index >= 15 is 0 Å². The van der Waals surface area contributed by atoms with Gasteiger partial charge in [-0.25, -0.2) is 0 Å². The third-order valence-corrected chi connectivity index (χ3v) is 3.81. The Morgan fingerprint density at radius 3 is 2.36 bits per heavy atom. The number of hydrogen-bond donors (Lipinski definition) is 1. The Hall–Kier alpha value is -0.0800. The lowest BCUT2D eigenvalue weighted by Crippen LogP contribution is -2.70. The van der Waals surface area contributed by atoms with Crippen LogP contribution in [0.25, 0.3) is 0 Å². The Morgan fingerprint density at radius 1 is 1.45 bits per heavy atom. The summed E-state index contributed by atoms with van der Waals surface area (Å²) in [5, 5.41) is 0. The van der Waals surface area contributed by atoms with Gasteiger partial charge in [0, 0.05) is 18.6 Å². The highest BCUT2D eigenvalue weighted by atomic mass is 16.5. The molecule has 11 heavy (non-hydrogen) atoms. The molecule has 0 unspecified atom stereocenters. The Balaban J connectivity index is 2.09. The lowest BCUT2D eigenvalue weighted by atomic mass is 9.47. The summed E-state index contributed by atoms with van der Waals surface area (Å²) in [6.07, 6.45) is 4.38. The maximum absolute atomic E-state index is 6.05. The fourth-order valence-corrected chi connectivity index (χ4v) is 2.96. The van der Waals surface area contributed by atoms with Crippen molar-refractivity contribution in [1.82, 2.24) is 0 Å². The van der Waals surface area contributed by atoms with Crippen molar-refractivity contribution in [2.75, 3.05) is 7.11 Å². The summed E-state index contributed by atoms with van der Waals surface area (Å²) < 4.78 is 5.45. The average Bonchev–Trinajstić information content (AvgIpc) is 1.93. The second-order valence-corrected chi connectivity index (χ2v) is 4.13. The van der Waals surface area contributed by atoms with Gasteiger partial charge in [0.2, 0.25) is 0 Å². The first-order valence-electron chi connectivity index (χ1n) is 4.51. The van der Waals surface area contributed by atoms with Crippen LogP contribution in [0.4, 0.5) is 0 Å². The molecule has 2 heteroatoms. The Bertz CT molecular complexity index is 165. The van der Waals surface area contributed by atoms with E-state index in [9.17, 15) is 0 Å². The highest BCUT2D eigenvalue weighted by molar-refractivity contribution is 5.14. The molecule has 2 N–H and O–H groups in total. The predicted molar refractivity (Wildman–Crippen MR) is 44.2 cm³/mol. The van der Waals surface area contributed by atoms with E-state index in [1.165, 1.54) is 19.3 Å². The smallest absolute Gasteiger partial charge is 0.0682 e. The molecule has 0 aromatic carbocycles. The second kappa shape index (κ2) is 2.20. The van der Waals surface area contributed by atoms with Crippen LogP contribution in [0.3, 0.4) is 0 Å². The van der Waals surface area contributed by atoms with Gasteiger partial charge in [-0.2, -0.15) is 0 Å². The van der Waals surface area contributed by atoms with Gasteiger partial charge in [0.1, 0.15) is 0 Å². The summed E-state index contributed by atoms with van der Waals surface area (Å²) in [5.41, 5.74) is 6.45. The van der Waals surface area contributed by atoms with Gasteiger partial charge in [0.05, 0.1) is 6.10 Å². The van der Waals surface area contributed by atoms with E-state index in [2.05, 4.69) is 6.92 Å². The van der Waals surface area contributed by atoms with Gasteiger partial charge in [-0.3, -0.25) is 0 Å². The quantitative estimate of drug-likeness (QED) is 0.616. The summed E-state index contributed by atoms with van der Waals surface area (Å²) >= 11 is 0. The van der Waals surface area contributed by atoms with Crippen molar-refractivity contribution in [2.45, 2.75) is 38.3 Å². The molecule has 0 saturated heterocycles. The van der Waals surface area contributed by atoms with E-state index in [4.69, 9.17) is 10.5 Å². The van der Waals surface area contributed by atoms with E-state index < -0.39 is 0 Å². The normalized spacial score (nSPS) is 46.6. The highest BCUT2D eigenvalue weighted by Gasteiger charge is 2.61. The second-order valence-electron chi connectivity index (χ2n) is 4.13. The first-order chi connectivity index (χ1) is 5.22. The molecule has 0 heterocycles. The van der Waals surface area contributed by atoms with Crippen molar-refractivity contribution in [3.05, 3.63) is 0 Å². The van der Waals surface area contributed by atoms with Gasteiger partial charge in [-0.05, 0) is 18.8 Å². The van der Waals surface area contributed by atoms with Crippen LogP contribution in [0.15, 0.2) is 0 Å². The minimum absolute atomic E-state index is 0.397. The Kier molecular flexibility index (Phi) is 1.52. The third kappa shape index (κ3) is 0.695. The van der Waals surface area contributed by atoms with E-state index in [1.807, 2.05) is 7.11 Å². The van der Waals surface area contributed by atoms with Gasteiger partial charge in [0.25, 0.3) is 0 Å². The van der Waals surface area contributed by atoms with Crippen LogP contribution in [0, 0.1) is 11.3 Å². The van der Waals surface area contributed by atoms with Crippen LogP contribution in [0.2, 0.25) is 0 Å². The van der Waals surface area contributed by atoms with Gasteiger partial charge in [-0.1, -0.05) is 13.3 Å². The number of hydrogen-bond acceptors (Lipinski definition) is 2. The molecule has 64 valence electrons. The molecule has 2 aliphatic carbocycles. The van der Waals surface area contributed by atoms with Crippen LogP contribution < -0.4 is 5.73 Å². The van der Waals surface area contributed by atoms with E-state index in [1.54, 1.807) is 0 Å². The molecule has 0 aromatic rings. The molecule has 0 amide bonds. The molecule has 1 spiro atoms. The van der Waals surface area contributed by atoms with Crippen molar-refractivity contribution < 1.29 is 4.74 Å². The van der Waals surface area contributed by atoms with Crippen molar-refractivity contribution in [3.63, 3.8) is 0 Å². The van der Waals surface area contributed by atoms with Crippen LogP contribution in [0.5, 0.6) is 0 Å². The minimum atomic E-state index is 0.397. The molecular weight excluding hydrogens is 138 g/mol. The monoisotopic (exact) mass is 155 g/mol. The summed E-state index contributed by atoms with van der Waals surface area (Å²) in [7, 11) is 1.81. The third-order valence-electron chi connectivity index (χ3n) is 3.81. The molecule has 2 aliphatic rings. The van der Waals surface area contributed by atoms with Crippen molar-refractivity contribution in [1.29, 1.82) is 0 Å². The van der Waals surface area contributed by atoms with Gasteiger partial charge < -0.3 is 10.5 Å². The standard InChI is InChI=1S/C9H17NO/c1-6-7(10)9(4-3-5-9)8(6)11-2/h6-8H,3-5,10H2,1-2H3/t6-,7+,8-/m1/s1. The van der Waals surface area contributed by atoms with Crippen molar-refractivity contribution >= 4 is 0 Å². The largest absolute Gasteiger partial charge is 0.380 e. The van der Waals surface area contributed by atoms with Crippen molar-refractivity contribution in [3.8, 4) is 0 Å². The minimum Gasteiger partial charge on any atom is -0.380 e. The molecule has 2 fully saturated rings. The molecule has 0 radical (unpaired) electrons. The molecule has 2 saturated carbocycles. The molecule has 2 rings (SSSR count). The number of rotatable bonds is 1. The summed E-state index contributed by atoms with van der Waals surface area (Å²) in [6.45, 7) is 2.20. The zero-order valence-corrected chi connectivity index (χ0v) is 7.34. The van der Waals surface area contributed by atoms with Gasteiger partial charge in [-0.15, -0.1) is 0 Å². The van der Waals surface area contributed by atoms with E-state index in [0.717, 1.165) is 0 Å². The van der Waals surface area contributed by atoms with Crippen LogP contribution in [-0.4, -0.2) is 19.3 Å². The van der Waals surface area contributed by atoms with Gasteiger partial charge >= 0.3 is 0 Å². The Morgan fingerprint density at radius 2 is 2.09 bits per heavy atom. The van der Waals surface area contributed by atoms with Crippen LogP contribution in [-0.2, 0) is 4.74 Å². The fourth-order valence-electron chi connectivity index (χ4n) is 2.96. The predicted octanol–water partition coefficient (Wildman–Crippen LogP) is 1.15. The summed E-state index contributed by atoms with van der Waals surface area (Å²) in [5.74, 6) is 0.570. The number of nitrogens with two attached hydrogens (primary N) is 1. The lowest BCUT2D eigenvalue weighted by molar-refractivity contribution is -0.191. The summed E-state index contributed by atoms with van der Waals surface area (Å²) in [4.78, 5) is 0. The summed E-state index contributed by atoms with van der Waals surface area (Å²) in [6, 6.07) is 0.404. The van der Waals surface area contributed by atoms with E-state index in [-0.39, 0.29) is 0 Å². The lowest BCUT2D eigenvalue weighted by Gasteiger charge is -2.63.